The molecule has 0 spiro atoms. The highest BCUT2D eigenvalue weighted by Crippen LogP contribution is 2.18. The molecule has 0 aromatic carbocycles. The minimum atomic E-state index is 0.109. The van der Waals surface area contributed by atoms with Crippen LogP contribution in [-0.2, 0) is 0 Å². The maximum Gasteiger partial charge on any atom is 0.128 e. The second-order valence-corrected chi connectivity index (χ2v) is 6.02. The zero-order valence-electron chi connectivity index (χ0n) is 13.3. The fraction of sp³-hybridized carbons (Fsp3) is 0.444. The number of piperidine rings is 1. The first-order valence-corrected chi connectivity index (χ1v) is 8.27. The summed E-state index contributed by atoms with van der Waals surface area (Å²) in [4.78, 5) is 10.9. The number of nitrogens with zero attached hydrogens (tertiary/aromatic N) is 3. The van der Waals surface area contributed by atoms with E-state index in [1.807, 2.05) is 36.7 Å². The fourth-order valence-corrected chi connectivity index (χ4v) is 3.07. The number of pyridine rings is 2. The molecule has 5 heteroatoms. The van der Waals surface area contributed by atoms with Crippen LogP contribution >= 0.6 is 0 Å². The molecule has 23 heavy (non-hydrogen) atoms. The predicted molar refractivity (Wildman–Crippen MR) is 91.5 cm³/mol. The average molecular weight is 312 g/mol. The van der Waals surface area contributed by atoms with Gasteiger partial charge in [-0.15, -0.1) is 0 Å². The van der Waals surface area contributed by atoms with E-state index in [4.69, 9.17) is 0 Å². The monoisotopic (exact) mass is 312 g/mol. The van der Waals surface area contributed by atoms with Crippen LogP contribution in [0.25, 0.3) is 0 Å². The van der Waals surface area contributed by atoms with Crippen LogP contribution in [-0.4, -0.2) is 47.4 Å². The Labute approximate surface area is 137 Å². The minimum Gasteiger partial charge on any atom is -0.396 e. The molecule has 0 radical (unpaired) electrons. The van der Waals surface area contributed by atoms with Crippen molar-refractivity contribution in [3.05, 3.63) is 54.5 Å². The van der Waals surface area contributed by atoms with Gasteiger partial charge in [0.2, 0.25) is 0 Å². The van der Waals surface area contributed by atoms with Crippen molar-refractivity contribution < 1.29 is 5.11 Å². The Hall–Kier alpha value is -1.98. The smallest absolute Gasteiger partial charge is 0.128 e. The van der Waals surface area contributed by atoms with Gasteiger partial charge in [-0.05, 0) is 36.6 Å². The molecule has 1 aliphatic rings. The van der Waals surface area contributed by atoms with Crippen molar-refractivity contribution >= 4 is 5.82 Å². The van der Waals surface area contributed by atoms with E-state index < -0.39 is 0 Å². The topological polar surface area (TPSA) is 61.3 Å². The molecule has 1 atom stereocenters. The number of nitrogens with one attached hydrogen (secondary N) is 1. The maximum absolute atomic E-state index is 9.62. The summed E-state index contributed by atoms with van der Waals surface area (Å²) in [5.41, 5.74) is 1.09. The van der Waals surface area contributed by atoms with Gasteiger partial charge >= 0.3 is 0 Å². The van der Waals surface area contributed by atoms with Crippen LogP contribution in [0.2, 0.25) is 0 Å². The number of hydrogen-bond donors (Lipinski definition) is 2. The lowest BCUT2D eigenvalue weighted by molar-refractivity contribution is 0.255. The molecule has 122 valence electrons. The Bertz CT molecular complexity index is 570. The van der Waals surface area contributed by atoms with E-state index in [1.54, 1.807) is 6.20 Å². The van der Waals surface area contributed by atoms with Crippen LogP contribution in [0.3, 0.4) is 0 Å². The van der Waals surface area contributed by atoms with E-state index in [0.717, 1.165) is 43.9 Å². The molecule has 0 bridgehead atoms. The molecule has 1 aliphatic heterocycles. The highest BCUT2D eigenvalue weighted by molar-refractivity contribution is 5.38. The summed E-state index contributed by atoms with van der Waals surface area (Å²) in [6.45, 7) is 2.97. The predicted octanol–water partition coefficient (Wildman–Crippen LogP) is 1.81. The van der Waals surface area contributed by atoms with Gasteiger partial charge in [-0.2, -0.15) is 0 Å². The largest absolute Gasteiger partial charge is 0.396 e. The van der Waals surface area contributed by atoms with Crippen molar-refractivity contribution in [2.45, 2.75) is 24.8 Å². The average Bonchev–Trinajstić information content (AvgIpc) is 2.64. The Morgan fingerprint density at radius 3 is 2.70 bits per heavy atom. The summed E-state index contributed by atoms with van der Waals surface area (Å²) >= 11 is 0. The number of aliphatic hydroxyl groups excluding tert-OH is 1. The molecule has 2 aromatic rings. The number of rotatable bonds is 6. The van der Waals surface area contributed by atoms with Crippen molar-refractivity contribution in [2.75, 3.05) is 31.1 Å². The zero-order valence-corrected chi connectivity index (χ0v) is 13.3. The van der Waals surface area contributed by atoms with E-state index in [9.17, 15) is 5.11 Å². The Morgan fingerprint density at radius 2 is 2.04 bits per heavy atom. The minimum absolute atomic E-state index is 0.109. The Morgan fingerprint density at radius 1 is 1.17 bits per heavy atom. The number of aromatic nitrogens is 2. The molecule has 1 saturated heterocycles. The Kier molecular flexibility index (Phi) is 5.56. The Balaban J connectivity index is 1.47. The number of hydrogen-bond acceptors (Lipinski definition) is 5. The normalized spacial score (nSPS) is 17.2. The van der Waals surface area contributed by atoms with E-state index >= 15 is 0 Å². The molecule has 1 unspecified atom stereocenters. The van der Waals surface area contributed by atoms with Crippen LogP contribution in [0.5, 0.6) is 0 Å². The molecule has 3 heterocycles. The van der Waals surface area contributed by atoms with Crippen molar-refractivity contribution in [3.63, 3.8) is 0 Å². The third-order valence-electron chi connectivity index (χ3n) is 4.50. The summed E-state index contributed by atoms with van der Waals surface area (Å²) in [5.74, 6) is 1.17. The number of aliphatic hydroxyl groups is 1. The van der Waals surface area contributed by atoms with Crippen molar-refractivity contribution in [3.8, 4) is 0 Å². The number of anilines is 1. The molecule has 2 N–H and O–H groups in total. The van der Waals surface area contributed by atoms with Crippen LogP contribution in [0, 0.1) is 0 Å². The van der Waals surface area contributed by atoms with Crippen LogP contribution in [0.4, 0.5) is 5.82 Å². The van der Waals surface area contributed by atoms with Crippen molar-refractivity contribution in [1.29, 1.82) is 0 Å². The van der Waals surface area contributed by atoms with Gasteiger partial charge in [-0.3, -0.25) is 4.98 Å². The highest BCUT2D eigenvalue weighted by atomic mass is 16.3. The summed E-state index contributed by atoms with van der Waals surface area (Å²) in [6.07, 6.45) is 7.65. The summed E-state index contributed by atoms with van der Waals surface area (Å²) < 4.78 is 0. The molecule has 5 nitrogen and oxygen atoms in total. The van der Waals surface area contributed by atoms with Gasteiger partial charge < -0.3 is 15.3 Å². The van der Waals surface area contributed by atoms with Gasteiger partial charge in [-0.1, -0.05) is 12.1 Å². The molecule has 2 aromatic heterocycles. The van der Waals surface area contributed by atoms with E-state index in [1.165, 1.54) is 0 Å². The van der Waals surface area contributed by atoms with Gasteiger partial charge in [-0.25, -0.2) is 4.98 Å². The molecular weight excluding hydrogens is 288 g/mol. The van der Waals surface area contributed by atoms with Crippen molar-refractivity contribution in [1.82, 2.24) is 15.3 Å². The lowest BCUT2D eigenvalue weighted by atomic mass is 9.99. The second-order valence-electron chi connectivity index (χ2n) is 6.02. The first kappa shape index (κ1) is 15.9. The third kappa shape index (κ3) is 4.27. The van der Waals surface area contributed by atoms with Gasteiger partial charge in [0.05, 0.1) is 6.61 Å². The quantitative estimate of drug-likeness (QED) is 0.852. The second kappa shape index (κ2) is 8.04. The highest BCUT2D eigenvalue weighted by Gasteiger charge is 2.21. The fourth-order valence-electron chi connectivity index (χ4n) is 3.07. The summed E-state index contributed by atoms with van der Waals surface area (Å²) in [5, 5.41) is 13.2. The standard InChI is InChI=1S/C18H24N4O/c23-14-16(15-4-3-8-19-12-15)13-21-17-6-10-22(11-7-17)18-5-1-2-9-20-18/h1-5,8-9,12,16-17,21,23H,6-7,10-11,13-14H2. The lowest BCUT2D eigenvalue weighted by Gasteiger charge is -2.33. The maximum atomic E-state index is 9.62. The molecule has 0 saturated carbocycles. The van der Waals surface area contributed by atoms with E-state index in [0.29, 0.717) is 6.04 Å². The molecule has 0 aliphatic carbocycles. The molecular formula is C18H24N4O. The zero-order chi connectivity index (χ0) is 15.9. The van der Waals surface area contributed by atoms with Gasteiger partial charge in [0.1, 0.15) is 5.82 Å². The van der Waals surface area contributed by atoms with Crippen LogP contribution in [0.1, 0.15) is 24.3 Å². The first-order chi connectivity index (χ1) is 11.4. The first-order valence-electron chi connectivity index (χ1n) is 8.27. The van der Waals surface area contributed by atoms with Crippen LogP contribution < -0.4 is 10.2 Å². The van der Waals surface area contributed by atoms with Gasteiger partial charge in [0.25, 0.3) is 0 Å². The van der Waals surface area contributed by atoms with E-state index in [2.05, 4.69) is 26.3 Å². The molecule has 0 amide bonds. The van der Waals surface area contributed by atoms with Crippen LogP contribution in [0.15, 0.2) is 48.9 Å². The lowest BCUT2D eigenvalue weighted by Crippen LogP contribution is -2.44. The third-order valence-corrected chi connectivity index (χ3v) is 4.50. The SMILES string of the molecule is OCC(CNC1CCN(c2ccccn2)CC1)c1cccnc1. The molecule has 3 rings (SSSR count). The van der Waals surface area contributed by atoms with Gasteiger partial charge in [0, 0.05) is 50.2 Å². The van der Waals surface area contributed by atoms with Gasteiger partial charge in [0.15, 0.2) is 0 Å². The van der Waals surface area contributed by atoms with Crippen molar-refractivity contribution in [2.24, 2.45) is 0 Å². The molecule has 1 fully saturated rings. The summed E-state index contributed by atoms with van der Waals surface area (Å²) in [7, 11) is 0. The summed E-state index contributed by atoms with van der Waals surface area (Å²) in [6, 6.07) is 10.5. The van der Waals surface area contributed by atoms with E-state index in [-0.39, 0.29) is 12.5 Å².